The van der Waals surface area contributed by atoms with Crippen molar-refractivity contribution in [3.8, 4) is 5.88 Å². The number of hydrogen-bond donors (Lipinski definition) is 2. The Labute approximate surface area is 80.8 Å². The Morgan fingerprint density at radius 1 is 1.64 bits per heavy atom. The van der Waals surface area contributed by atoms with Gasteiger partial charge in [-0.15, -0.1) is 0 Å². The third-order valence-corrected chi connectivity index (χ3v) is 1.65. The van der Waals surface area contributed by atoms with Gasteiger partial charge in [0.25, 0.3) is 0 Å². The molecule has 1 aromatic rings. The average molecular weight is 194 g/mol. The zero-order valence-corrected chi connectivity index (χ0v) is 7.60. The fourth-order valence-corrected chi connectivity index (χ4v) is 0.951. The molecule has 0 amide bonds. The van der Waals surface area contributed by atoms with E-state index in [1.54, 1.807) is 12.1 Å². The van der Waals surface area contributed by atoms with Crippen LogP contribution in [0.25, 0.3) is 5.57 Å². The Bertz CT molecular complexity index is 357. The largest absolute Gasteiger partial charge is 0.481 e. The summed E-state index contributed by atoms with van der Waals surface area (Å²) in [4.78, 5) is 14.5. The van der Waals surface area contributed by atoms with Gasteiger partial charge < -0.3 is 15.6 Å². The van der Waals surface area contributed by atoms with Gasteiger partial charge in [0.15, 0.2) is 0 Å². The summed E-state index contributed by atoms with van der Waals surface area (Å²) < 4.78 is 4.83. The van der Waals surface area contributed by atoms with Gasteiger partial charge in [-0.1, -0.05) is 0 Å². The number of aromatic nitrogens is 1. The van der Waals surface area contributed by atoms with Gasteiger partial charge in [0.2, 0.25) is 5.88 Å². The first-order chi connectivity index (χ1) is 6.69. The number of carboxylic acids is 1. The van der Waals surface area contributed by atoms with Crippen molar-refractivity contribution in [2.45, 2.75) is 0 Å². The van der Waals surface area contributed by atoms with Gasteiger partial charge in [-0.2, -0.15) is 0 Å². The number of nitrogens with zero attached hydrogens (tertiary/aromatic N) is 1. The Morgan fingerprint density at radius 3 is 2.71 bits per heavy atom. The zero-order chi connectivity index (χ0) is 10.6. The summed E-state index contributed by atoms with van der Waals surface area (Å²) >= 11 is 0. The predicted octanol–water partition coefficient (Wildman–Crippen LogP) is 0.474. The number of carbonyl (C=O) groups is 1. The lowest BCUT2D eigenvalue weighted by molar-refractivity contribution is -0.130. The second-order valence-corrected chi connectivity index (χ2v) is 2.47. The van der Waals surface area contributed by atoms with E-state index in [2.05, 4.69) is 4.98 Å². The van der Waals surface area contributed by atoms with Crippen molar-refractivity contribution >= 4 is 11.5 Å². The highest BCUT2D eigenvalue weighted by Gasteiger charge is 2.09. The molecule has 1 aromatic heterocycles. The van der Waals surface area contributed by atoms with Crippen molar-refractivity contribution in [2.24, 2.45) is 5.73 Å². The minimum Gasteiger partial charge on any atom is -0.481 e. The van der Waals surface area contributed by atoms with Crippen LogP contribution in [0, 0.1) is 0 Å². The molecule has 0 atom stereocenters. The fourth-order valence-electron chi connectivity index (χ4n) is 0.951. The summed E-state index contributed by atoms with van der Waals surface area (Å²) in [6.45, 7) is 0. The quantitative estimate of drug-likeness (QED) is 0.683. The van der Waals surface area contributed by atoms with Crippen molar-refractivity contribution in [1.29, 1.82) is 0 Å². The van der Waals surface area contributed by atoms with E-state index in [0.29, 0.717) is 11.4 Å². The molecule has 3 N–H and O–H groups in total. The molecule has 0 fully saturated rings. The zero-order valence-electron chi connectivity index (χ0n) is 7.60. The van der Waals surface area contributed by atoms with Gasteiger partial charge in [-0.25, -0.2) is 9.78 Å². The van der Waals surface area contributed by atoms with Crippen LogP contribution in [0.2, 0.25) is 0 Å². The Hall–Kier alpha value is -2.04. The normalized spacial score (nSPS) is 11.1. The molecule has 1 heterocycles. The Kier molecular flexibility index (Phi) is 3.06. The molecule has 5 nitrogen and oxygen atoms in total. The molecule has 0 saturated heterocycles. The molecule has 0 bridgehead atoms. The molecule has 0 unspecified atom stereocenters. The Balaban J connectivity index is 3.02. The molecule has 1 rings (SSSR count). The van der Waals surface area contributed by atoms with Crippen molar-refractivity contribution in [3.05, 3.63) is 30.1 Å². The van der Waals surface area contributed by atoms with Crippen LogP contribution in [-0.4, -0.2) is 23.2 Å². The van der Waals surface area contributed by atoms with Crippen LogP contribution in [-0.2, 0) is 4.79 Å². The number of rotatable bonds is 3. The first-order valence-corrected chi connectivity index (χ1v) is 3.84. The molecular weight excluding hydrogens is 184 g/mol. The highest BCUT2D eigenvalue weighted by atomic mass is 16.5. The van der Waals surface area contributed by atoms with Gasteiger partial charge in [-0.3, -0.25) is 0 Å². The summed E-state index contributed by atoms with van der Waals surface area (Å²) in [6.07, 6.45) is 2.43. The molecule has 0 radical (unpaired) electrons. The van der Waals surface area contributed by atoms with E-state index in [-0.39, 0.29) is 5.57 Å². The summed E-state index contributed by atoms with van der Waals surface area (Å²) in [5.74, 6) is -0.657. The van der Waals surface area contributed by atoms with Crippen LogP contribution in [0.3, 0.4) is 0 Å². The van der Waals surface area contributed by atoms with Crippen molar-refractivity contribution in [1.82, 2.24) is 4.98 Å². The van der Waals surface area contributed by atoms with Crippen LogP contribution in [0.5, 0.6) is 5.88 Å². The molecule has 0 aliphatic carbocycles. The summed E-state index contributed by atoms with van der Waals surface area (Å²) in [5.41, 5.74) is 5.63. The van der Waals surface area contributed by atoms with E-state index in [1.165, 1.54) is 13.3 Å². The van der Waals surface area contributed by atoms with E-state index in [0.717, 1.165) is 6.20 Å². The van der Waals surface area contributed by atoms with Gasteiger partial charge in [0.1, 0.15) is 0 Å². The molecular formula is C9H10N2O3. The van der Waals surface area contributed by atoms with Gasteiger partial charge in [0.05, 0.1) is 12.7 Å². The van der Waals surface area contributed by atoms with E-state index in [1.807, 2.05) is 0 Å². The van der Waals surface area contributed by atoms with Crippen molar-refractivity contribution in [3.63, 3.8) is 0 Å². The van der Waals surface area contributed by atoms with Crippen LogP contribution >= 0.6 is 0 Å². The number of hydrogen-bond acceptors (Lipinski definition) is 4. The SMILES string of the molecule is COc1ccc(/C(=C\N)C(=O)O)cn1. The highest BCUT2D eigenvalue weighted by Crippen LogP contribution is 2.14. The van der Waals surface area contributed by atoms with Crippen LogP contribution in [0.1, 0.15) is 5.56 Å². The summed E-state index contributed by atoms with van der Waals surface area (Å²) in [7, 11) is 1.49. The van der Waals surface area contributed by atoms with E-state index in [4.69, 9.17) is 15.6 Å². The third kappa shape index (κ3) is 2.01. The number of methoxy groups -OCH3 is 1. The number of nitrogens with two attached hydrogens (primary N) is 1. The van der Waals surface area contributed by atoms with Crippen molar-refractivity contribution in [2.75, 3.05) is 7.11 Å². The van der Waals surface area contributed by atoms with E-state index in [9.17, 15) is 4.79 Å². The maximum absolute atomic E-state index is 10.7. The molecule has 0 saturated carbocycles. The minimum atomic E-state index is -1.08. The fraction of sp³-hybridized carbons (Fsp3) is 0.111. The van der Waals surface area contributed by atoms with Crippen LogP contribution in [0.4, 0.5) is 0 Å². The molecule has 0 aliphatic heterocycles. The van der Waals surface area contributed by atoms with Gasteiger partial charge in [0, 0.05) is 24.0 Å². The van der Waals surface area contributed by atoms with Gasteiger partial charge in [-0.05, 0) is 6.07 Å². The highest BCUT2D eigenvalue weighted by molar-refractivity contribution is 6.15. The van der Waals surface area contributed by atoms with Crippen LogP contribution < -0.4 is 10.5 Å². The number of aliphatic carboxylic acids is 1. The maximum atomic E-state index is 10.7. The minimum absolute atomic E-state index is 0.0140. The predicted molar refractivity (Wildman–Crippen MR) is 50.6 cm³/mol. The lowest BCUT2D eigenvalue weighted by atomic mass is 10.1. The van der Waals surface area contributed by atoms with Crippen molar-refractivity contribution < 1.29 is 14.6 Å². The molecule has 0 aliphatic rings. The molecule has 14 heavy (non-hydrogen) atoms. The summed E-state index contributed by atoms with van der Waals surface area (Å²) in [6, 6.07) is 3.15. The second-order valence-electron chi connectivity index (χ2n) is 2.47. The molecule has 0 aromatic carbocycles. The van der Waals surface area contributed by atoms with Crippen LogP contribution in [0.15, 0.2) is 24.5 Å². The van der Waals surface area contributed by atoms with Gasteiger partial charge >= 0.3 is 5.97 Å². The second kappa shape index (κ2) is 4.27. The lowest BCUT2D eigenvalue weighted by Gasteiger charge is -2.02. The number of pyridine rings is 1. The smallest absolute Gasteiger partial charge is 0.337 e. The number of carboxylic acid groups (broad SMARTS) is 1. The van der Waals surface area contributed by atoms with E-state index >= 15 is 0 Å². The molecule has 74 valence electrons. The first kappa shape index (κ1) is 10.0. The van der Waals surface area contributed by atoms with E-state index < -0.39 is 5.97 Å². The average Bonchev–Trinajstić information content (AvgIpc) is 2.19. The topological polar surface area (TPSA) is 85.4 Å². The maximum Gasteiger partial charge on any atom is 0.337 e. The lowest BCUT2D eigenvalue weighted by Crippen LogP contribution is -2.02. The third-order valence-electron chi connectivity index (χ3n) is 1.65. The standard InChI is InChI=1S/C9H10N2O3/c1-14-8-3-2-6(5-11-8)7(4-10)9(12)13/h2-5H,10H2,1H3,(H,12,13)/b7-4+. The summed E-state index contributed by atoms with van der Waals surface area (Å²) in [5, 5.41) is 8.75. The Morgan fingerprint density at radius 2 is 2.36 bits per heavy atom. The number of ether oxygens (including phenoxy) is 1. The monoisotopic (exact) mass is 194 g/mol. The first-order valence-electron chi connectivity index (χ1n) is 3.84. The molecule has 0 spiro atoms. The molecule has 5 heteroatoms.